The van der Waals surface area contributed by atoms with Gasteiger partial charge in [0.15, 0.2) is 5.96 Å². The van der Waals surface area contributed by atoms with Gasteiger partial charge in [-0.15, -0.1) is 24.0 Å². The fraction of sp³-hybridized carbons (Fsp3) is 0.650. The molecule has 4 rings (SSSR count). The van der Waals surface area contributed by atoms with Crippen molar-refractivity contribution in [3.05, 3.63) is 29.8 Å². The van der Waals surface area contributed by atoms with Crippen LogP contribution in [0.4, 0.5) is 14.5 Å². The molecule has 3 aliphatic heterocycles. The Hall–Kier alpha value is -1.20. The number of benzene rings is 1. The Morgan fingerprint density at radius 1 is 1.24 bits per heavy atom. The summed E-state index contributed by atoms with van der Waals surface area (Å²) in [5, 5.41) is 6.78. The molecular weight excluding hydrogens is 491 g/mol. The maximum atomic E-state index is 14.0. The lowest BCUT2D eigenvalue weighted by Gasteiger charge is -2.35. The maximum absolute atomic E-state index is 14.0. The van der Waals surface area contributed by atoms with Crippen LogP contribution in [0, 0.1) is 11.6 Å². The van der Waals surface area contributed by atoms with Crippen LogP contribution >= 0.6 is 24.0 Å². The molecule has 1 aromatic carbocycles. The molecule has 0 bridgehead atoms. The number of anilines is 1. The molecule has 3 fully saturated rings. The summed E-state index contributed by atoms with van der Waals surface area (Å²) < 4.78 is 33.1. The van der Waals surface area contributed by atoms with Crippen LogP contribution in [0.3, 0.4) is 0 Å². The monoisotopic (exact) mass is 521 g/mol. The van der Waals surface area contributed by atoms with Crippen LogP contribution in [0.1, 0.15) is 19.3 Å². The lowest BCUT2D eigenvalue weighted by atomic mass is 10.2. The number of rotatable bonds is 4. The van der Waals surface area contributed by atoms with E-state index in [1.165, 1.54) is 31.5 Å². The topological polar surface area (TPSA) is 52.1 Å². The quantitative estimate of drug-likeness (QED) is 0.362. The molecule has 6 nitrogen and oxygen atoms in total. The number of halogens is 3. The number of ether oxygens (including phenoxy) is 1. The van der Waals surface area contributed by atoms with E-state index < -0.39 is 11.6 Å². The first-order valence-corrected chi connectivity index (χ1v) is 10.1. The number of hydrogen-bond acceptors (Lipinski definition) is 4. The summed E-state index contributed by atoms with van der Waals surface area (Å²) in [5.41, 5.74) is 0.449. The van der Waals surface area contributed by atoms with E-state index in [4.69, 9.17) is 4.74 Å². The van der Waals surface area contributed by atoms with Gasteiger partial charge in [0.2, 0.25) is 0 Å². The molecule has 0 saturated carbocycles. The minimum Gasteiger partial charge on any atom is -0.373 e. The van der Waals surface area contributed by atoms with E-state index in [9.17, 15) is 8.78 Å². The van der Waals surface area contributed by atoms with Gasteiger partial charge in [0.05, 0.1) is 18.4 Å². The third-order valence-corrected chi connectivity index (χ3v) is 5.96. The third-order valence-electron chi connectivity index (χ3n) is 5.96. The van der Waals surface area contributed by atoms with Crippen LogP contribution in [0.5, 0.6) is 0 Å². The summed E-state index contributed by atoms with van der Waals surface area (Å²) in [4.78, 5) is 8.78. The number of hydrogen-bond donors (Lipinski definition) is 2. The molecule has 0 spiro atoms. The Labute approximate surface area is 188 Å². The zero-order valence-corrected chi connectivity index (χ0v) is 19.1. The molecule has 3 saturated heterocycles. The molecule has 3 aliphatic rings. The SMILES string of the molecule is CN=C(NCC1CN2CCCC2CO1)NC1CCN(c2ccc(F)cc2F)C1.I. The van der Waals surface area contributed by atoms with Crippen molar-refractivity contribution in [2.24, 2.45) is 4.99 Å². The number of morpholine rings is 1. The molecule has 0 aromatic heterocycles. The number of nitrogens with one attached hydrogen (secondary N) is 2. The second-order valence-corrected chi connectivity index (χ2v) is 7.87. The zero-order chi connectivity index (χ0) is 19.5. The average Bonchev–Trinajstić information content (AvgIpc) is 3.34. The second kappa shape index (κ2) is 10.2. The van der Waals surface area contributed by atoms with Gasteiger partial charge in [-0.05, 0) is 37.9 Å². The van der Waals surface area contributed by atoms with Crippen LogP contribution in [-0.4, -0.2) is 75.4 Å². The first kappa shape index (κ1) is 22.5. The van der Waals surface area contributed by atoms with Crippen LogP contribution in [0.25, 0.3) is 0 Å². The van der Waals surface area contributed by atoms with E-state index in [2.05, 4.69) is 20.5 Å². The minimum atomic E-state index is -0.551. The molecule has 3 heterocycles. The summed E-state index contributed by atoms with van der Waals surface area (Å²) in [6.45, 7) is 5.05. The van der Waals surface area contributed by atoms with Gasteiger partial charge in [-0.25, -0.2) is 8.78 Å². The molecule has 0 radical (unpaired) electrons. The van der Waals surface area contributed by atoms with Crippen LogP contribution in [0.2, 0.25) is 0 Å². The second-order valence-electron chi connectivity index (χ2n) is 7.87. The minimum absolute atomic E-state index is 0. The molecule has 2 N–H and O–H groups in total. The van der Waals surface area contributed by atoms with Crippen molar-refractivity contribution in [3.8, 4) is 0 Å². The number of fused-ring (bicyclic) bond motifs is 1. The van der Waals surface area contributed by atoms with Crippen molar-refractivity contribution < 1.29 is 13.5 Å². The van der Waals surface area contributed by atoms with Gasteiger partial charge in [-0.3, -0.25) is 9.89 Å². The molecule has 0 aliphatic carbocycles. The van der Waals surface area contributed by atoms with Crippen LogP contribution in [0.15, 0.2) is 23.2 Å². The molecular formula is C20H30F2IN5O. The fourth-order valence-corrected chi connectivity index (χ4v) is 4.44. The largest absolute Gasteiger partial charge is 0.373 e. The van der Waals surface area contributed by atoms with Crippen molar-refractivity contribution in [2.75, 3.05) is 51.3 Å². The molecule has 162 valence electrons. The Morgan fingerprint density at radius 3 is 2.90 bits per heavy atom. The van der Waals surface area contributed by atoms with Crippen molar-refractivity contribution in [3.63, 3.8) is 0 Å². The first-order valence-electron chi connectivity index (χ1n) is 10.1. The standard InChI is InChI=1S/C20H29F2N5O.HI/c1-23-20(24-10-17-12-26-7-2-3-16(26)13-28-17)25-15-6-8-27(11-15)19-5-4-14(21)9-18(19)22;/h4-5,9,15-17H,2-3,6-8,10-13H2,1H3,(H2,23,24,25);1H. The number of guanidine groups is 1. The summed E-state index contributed by atoms with van der Waals surface area (Å²) in [5.74, 6) is -0.332. The van der Waals surface area contributed by atoms with Gasteiger partial charge >= 0.3 is 0 Å². The van der Waals surface area contributed by atoms with E-state index >= 15 is 0 Å². The number of nitrogens with zero attached hydrogens (tertiary/aromatic N) is 3. The third kappa shape index (κ3) is 5.49. The Bertz CT molecular complexity index is 722. The van der Waals surface area contributed by atoms with Gasteiger partial charge < -0.3 is 20.3 Å². The highest BCUT2D eigenvalue weighted by atomic mass is 127. The Morgan fingerprint density at radius 2 is 2.10 bits per heavy atom. The maximum Gasteiger partial charge on any atom is 0.191 e. The van der Waals surface area contributed by atoms with Gasteiger partial charge in [0.25, 0.3) is 0 Å². The van der Waals surface area contributed by atoms with Crippen LogP contribution < -0.4 is 15.5 Å². The summed E-state index contributed by atoms with van der Waals surface area (Å²) in [6.07, 6.45) is 3.55. The Balaban J connectivity index is 0.00000240. The van der Waals surface area contributed by atoms with E-state index in [0.717, 1.165) is 38.1 Å². The lowest BCUT2D eigenvalue weighted by molar-refractivity contribution is -0.0453. The molecule has 1 aromatic rings. The molecule has 29 heavy (non-hydrogen) atoms. The molecule has 9 heteroatoms. The smallest absolute Gasteiger partial charge is 0.191 e. The normalized spacial score (nSPS) is 27.5. The lowest BCUT2D eigenvalue weighted by Crippen LogP contribution is -2.52. The molecule has 3 unspecified atom stereocenters. The van der Waals surface area contributed by atoms with Crippen molar-refractivity contribution in [1.82, 2.24) is 15.5 Å². The highest BCUT2D eigenvalue weighted by Gasteiger charge is 2.32. The highest BCUT2D eigenvalue weighted by Crippen LogP contribution is 2.24. The van der Waals surface area contributed by atoms with Gasteiger partial charge in [0, 0.05) is 51.4 Å². The predicted octanol–water partition coefficient (Wildman–Crippen LogP) is 2.19. The van der Waals surface area contributed by atoms with E-state index in [1.54, 1.807) is 7.05 Å². The number of aliphatic imine (C=N–C) groups is 1. The average molecular weight is 521 g/mol. The van der Waals surface area contributed by atoms with Crippen molar-refractivity contribution in [1.29, 1.82) is 0 Å². The van der Waals surface area contributed by atoms with Gasteiger partial charge in [-0.2, -0.15) is 0 Å². The predicted molar refractivity (Wildman–Crippen MR) is 121 cm³/mol. The fourth-order valence-electron chi connectivity index (χ4n) is 4.44. The Kier molecular flexibility index (Phi) is 7.92. The molecule has 3 atom stereocenters. The van der Waals surface area contributed by atoms with E-state index in [1.807, 2.05) is 4.90 Å². The van der Waals surface area contributed by atoms with Crippen molar-refractivity contribution in [2.45, 2.75) is 37.5 Å². The zero-order valence-electron chi connectivity index (χ0n) is 16.7. The van der Waals surface area contributed by atoms with Crippen LogP contribution in [-0.2, 0) is 4.74 Å². The summed E-state index contributed by atoms with van der Waals surface area (Å²) in [6, 6.07) is 4.50. The van der Waals surface area contributed by atoms with E-state index in [0.29, 0.717) is 24.8 Å². The van der Waals surface area contributed by atoms with Crippen molar-refractivity contribution >= 4 is 35.6 Å². The van der Waals surface area contributed by atoms with E-state index in [-0.39, 0.29) is 36.1 Å². The first-order chi connectivity index (χ1) is 13.6. The van der Waals surface area contributed by atoms with Gasteiger partial charge in [-0.1, -0.05) is 0 Å². The highest BCUT2D eigenvalue weighted by molar-refractivity contribution is 14.0. The van der Waals surface area contributed by atoms with Gasteiger partial charge in [0.1, 0.15) is 11.6 Å². The molecule has 0 amide bonds. The summed E-state index contributed by atoms with van der Waals surface area (Å²) in [7, 11) is 1.75. The summed E-state index contributed by atoms with van der Waals surface area (Å²) >= 11 is 0.